The van der Waals surface area contributed by atoms with Crippen LogP contribution in [-0.2, 0) is 10.0 Å². The molecule has 0 amide bonds. The molecule has 0 saturated heterocycles. The summed E-state index contributed by atoms with van der Waals surface area (Å²) in [6.07, 6.45) is 1.68. The SMILES string of the molecule is CCCCN(CCO)S(=O)(=O)c1ccc(C(C)N)cc1. The van der Waals surface area contributed by atoms with Crippen LogP contribution in [0.3, 0.4) is 0 Å². The Labute approximate surface area is 121 Å². The van der Waals surface area contributed by atoms with Crippen LogP contribution in [0, 0.1) is 0 Å². The second-order valence-corrected chi connectivity index (χ2v) is 6.78. The van der Waals surface area contributed by atoms with E-state index in [0.29, 0.717) is 6.54 Å². The van der Waals surface area contributed by atoms with Crippen LogP contribution in [0.15, 0.2) is 29.2 Å². The first-order chi connectivity index (χ1) is 9.43. The highest BCUT2D eigenvalue weighted by Crippen LogP contribution is 2.19. The summed E-state index contributed by atoms with van der Waals surface area (Å²) < 4.78 is 26.3. The summed E-state index contributed by atoms with van der Waals surface area (Å²) in [4.78, 5) is 0.242. The minimum atomic E-state index is -3.55. The molecule has 1 rings (SSSR count). The molecule has 0 fully saturated rings. The number of nitrogens with zero attached hydrogens (tertiary/aromatic N) is 1. The van der Waals surface area contributed by atoms with Crippen molar-refractivity contribution in [3.8, 4) is 0 Å². The molecule has 0 aliphatic rings. The number of aliphatic hydroxyl groups is 1. The maximum Gasteiger partial charge on any atom is 0.243 e. The standard InChI is InChI=1S/C14H24N2O3S/c1-3-4-9-16(10-11-17)20(18,19)14-7-5-13(6-8-14)12(2)15/h5-8,12,17H,3-4,9-11,15H2,1-2H3. The lowest BCUT2D eigenvalue weighted by Gasteiger charge is -2.21. The Morgan fingerprint density at radius 1 is 1.25 bits per heavy atom. The number of sulfonamides is 1. The van der Waals surface area contributed by atoms with E-state index in [1.54, 1.807) is 24.3 Å². The van der Waals surface area contributed by atoms with Gasteiger partial charge in [0.25, 0.3) is 0 Å². The fourth-order valence-electron chi connectivity index (χ4n) is 1.89. The fourth-order valence-corrected chi connectivity index (χ4v) is 3.36. The van der Waals surface area contributed by atoms with Crippen LogP contribution in [0.5, 0.6) is 0 Å². The average Bonchev–Trinajstić information content (AvgIpc) is 2.43. The van der Waals surface area contributed by atoms with Crippen molar-refractivity contribution in [3.05, 3.63) is 29.8 Å². The molecule has 0 aromatic heterocycles. The smallest absolute Gasteiger partial charge is 0.243 e. The van der Waals surface area contributed by atoms with Crippen molar-refractivity contribution in [3.63, 3.8) is 0 Å². The Hall–Kier alpha value is -0.950. The highest BCUT2D eigenvalue weighted by atomic mass is 32.2. The van der Waals surface area contributed by atoms with Gasteiger partial charge in [0.05, 0.1) is 11.5 Å². The van der Waals surface area contributed by atoms with Gasteiger partial charge in [0.1, 0.15) is 0 Å². The van der Waals surface area contributed by atoms with Crippen LogP contribution < -0.4 is 5.73 Å². The normalized spacial score (nSPS) is 13.7. The predicted molar refractivity (Wildman–Crippen MR) is 79.8 cm³/mol. The maximum absolute atomic E-state index is 12.5. The van der Waals surface area contributed by atoms with Crippen molar-refractivity contribution in [2.75, 3.05) is 19.7 Å². The monoisotopic (exact) mass is 300 g/mol. The van der Waals surface area contributed by atoms with Gasteiger partial charge in [-0.3, -0.25) is 0 Å². The van der Waals surface area contributed by atoms with E-state index >= 15 is 0 Å². The van der Waals surface area contributed by atoms with Crippen LogP contribution in [0.2, 0.25) is 0 Å². The van der Waals surface area contributed by atoms with Gasteiger partial charge < -0.3 is 10.8 Å². The van der Waals surface area contributed by atoms with Gasteiger partial charge in [-0.05, 0) is 31.0 Å². The summed E-state index contributed by atoms with van der Waals surface area (Å²) in [5.41, 5.74) is 6.65. The van der Waals surface area contributed by atoms with Crippen LogP contribution in [0.1, 0.15) is 38.3 Å². The lowest BCUT2D eigenvalue weighted by atomic mass is 10.1. The summed E-state index contributed by atoms with van der Waals surface area (Å²) in [6, 6.07) is 6.48. The Bertz CT molecular complexity index is 498. The topological polar surface area (TPSA) is 83.6 Å². The number of benzene rings is 1. The molecule has 0 heterocycles. The molecule has 1 aromatic carbocycles. The molecule has 0 aliphatic carbocycles. The van der Waals surface area contributed by atoms with Gasteiger partial charge in [0.2, 0.25) is 10.0 Å². The molecular formula is C14H24N2O3S. The largest absolute Gasteiger partial charge is 0.395 e. The van der Waals surface area contributed by atoms with Crippen LogP contribution >= 0.6 is 0 Å². The number of rotatable bonds is 8. The van der Waals surface area contributed by atoms with Crippen LogP contribution in [0.25, 0.3) is 0 Å². The van der Waals surface area contributed by atoms with Gasteiger partial charge in [-0.1, -0.05) is 25.5 Å². The van der Waals surface area contributed by atoms with Crippen LogP contribution in [-0.4, -0.2) is 37.5 Å². The van der Waals surface area contributed by atoms with E-state index in [4.69, 9.17) is 10.8 Å². The Balaban J connectivity index is 2.99. The molecule has 5 nitrogen and oxygen atoms in total. The first-order valence-electron chi connectivity index (χ1n) is 6.90. The van der Waals surface area contributed by atoms with Gasteiger partial charge in [0.15, 0.2) is 0 Å². The molecule has 6 heteroatoms. The van der Waals surface area contributed by atoms with Crippen molar-refractivity contribution >= 4 is 10.0 Å². The van der Waals surface area contributed by atoms with Gasteiger partial charge in [0, 0.05) is 19.1 Å². The molecule has 0 aliphatic heterocycles. The summed E-state index contributed by atoms with van der Waals surface area (Å²) in [7, 11) is -3.55. The molecule has 1 unspecified atom stereocenters. The lowest BCUT2D eigenvalue weighted by Crippen LogP contribution is -2.34. The van der Waals surface area contributed by atoms with E-state index in [2.05, 4.69) is 0 Å². The summed E-state index contributed by atoms with van der Waals surface area (Å²) in [5, 5.41) is 9.04. The fraction of sp³-hybridized carbons (Fsp3) is 0.571. The highest BCUT2D eigenvalue weighted by Gasteiger charge is 2.23. The Morgan fingerprint density at radius 2 is 1.85 bits per heavy atom. The van der Waals surface area contributed by atoms with Crippen molar-refractivity contribution in [1.29, 1.82) is 0 Å². The molecule has 1 aromatic rings. The first kappa shape index (κ1) is 17.1. The third kappa shape index (κ3) is 4.28. The third-order valence-electron chi connectivity index (χ3n) is 3.15. The highest BCUT2D eigenvalue weighted by molar-refractivity contribution is 7.89. The van der Waals surface area contributed by atoms with Crippen molar-refractivity contribution in [2.24, 2.45) is 5.73 Å². The lowest BCUT2D eigenvalue weighted by molar-refractivity contribution is 0.252. The second-order valence-electron chi connectivity index (χ2n) is 4.84. The third-order valence-corrected chi connectivity index (χ3v) is 5.07. The molecule has 0 radical (unpaired) electrons. The minimum absolute atomic E-state index is 0.122. The number of hydrogen-bond acceptors (Lipinski definition) is 4. The second kappa shape index (κ2) is 7.73. The van der Waals surface area contributed by atoms with Crippen molar-refractivity contribution < 1.29 is 13.5 Å². The van der Waals surface area contributed by atoms with Gasteiger partial charge >= 0.3 is 0 Å². The van der Waals surface area contributed by atoms with Crippen molar-refractivity contribution in [2.45, 2.75) is 37.6 Å². The number of nitrogens with two attached hydrogens (primary N) is 1. The number of aliphatic hydroxyl groups excluding tert-OH is 1. The zero-order valence-corrected chi connectivity index (χ0v) is 12.9. The zero-order valence-electron chi connectivity index (χ0n) is 12.1. The molecule has 20 heavy (non-hydrogen) atoms. The van der Waals surface area contributed by atoms with E-state index in [0.717, 1.165) is 18.4 Å². The summed E-state index contributed by atoms with van der Waals surface area (Å²) in [6.45, 7) is 4.22. The van der Waals surface area contributed by atoms with Gasteiger partial charge in [-0.15, -0.1) is 0 Å². The summed E-state index contributed by atoms with van der Waals surface area (Å²) >= 11 is 0. The van der Waals surface area contributed by atoms with E-state index in [1.165, 1.54) is 4.31 Å². The Morgan fingerprint density at radius 3 is 2.30 bits per heavy atom. The molecule has 1 atom stereocenters. The zero-order chi connectivity index (χ0) is 15.2. The Kier molecular flexibility index (Phi) is 6.61. The van der Waals surface area contributed by atoms with Gasteiger partial charge in [-0.2, -0.15) is 4.31 Å². The van der Waals surface area contributed by atoms with Crippen molar-refractivity contribution in [1.82, 2.24) is 4.31 Å². The summed E-state index contributed by atoms with van der Waals surface area (Å²) in [5.74, 6) is 0. The van der Waals surface area contributed by atoms with E-state index < -0.39 is 10.0 Å². The molecule has 114 valence electrons. The average molecular weight is 300 g/mol. The first-order valence-corrected chi connectivity index (χ1v) is 8.34. The minimum Gasteiger partial charge on any atom is -0.395 e. The van der Waals surface area contributed by atoms with E-state index in [-0.39, 0.29) is 24.1 Å². The molecule has 0 saturated carbocycles. The predicted octanol–water partition coefficient (Wildman–Crippen LogP) is 1.49. The van der Waals surface area contributed by atoms with Gasteiger partial charge in [-0.25, -0.2) is 8.42 Å². The molecule has 0 bridgehead atoms. The number of hydrogen-bond donors (Lipinski definition) is 2. The molecular weight excluding hydrogens is 276 g/mol. The van der Waals surface area contributed by atoms with E-state index in [1.807, 2.05) is 13.8 Å². The number of unbranched alkanes of at least 4 members (excludes halogenated alkanes) is 1. The quantitative estimate of drug-likeness (QED) is 0.762. The van der Waals surface area contributed by atoms with E-state index in [9.17, 15) is 8.42 Å². The molecule has 3 N–H and O–H groups in total. The van der Waals surface area contributed by atoms with Crippen LogP contribution in [0.4, 0.5) is 0 Å². The maximum atomic E-state index is 12.5. The molecule has 0 spiro atoms.